The lowest BCUT2D eigenvalue weighted by Crippen LogP contribution is -2.57. The molecule has 0 bridgehead atoms. The summed E-state index contributed by atoms with van der Waals surface area (Å²) in [5.74, 6) is -0.0111. The third kappa shape index (κ3) is 7.55. The quantitative estimate of drug-likeness (QED) is 0.369. The average Bonchev–Trinajstić information content (AvgIpc) is 3.40. The molecular formula is C37H51N9O3. The summed E-state index contributed by atoms with van der Waals surface area (Å²) in [6, 6.07) is 11.7. The molecule has 4 aliphatic rings. The van der Waals surface area contributed by atoms with E-state index in [1.165, 1.54) is 6.42 Å². The predicted molar refractivity (Wildman–Crippen MR) is 191 cm³/mol. The van der Waals surface area contributed by atoms with Crippen LogP contribution in [-0.2, 0) is 17.6 Å². The maximum absolute atomic E-state index is 14.2. The van der Waals surface area contributed by atoms with E-state index in [1.54, 1.807) is 6.20 Å². The zero-order valence-corrected chi connectivity index (χ0v) is 29.0. The highest BCUT2D eigenvalue weighted by Gasteiger charge is 2.35. The van der Waals surface area contributed by atoms with Gasteiger partial charge in [-0.05, 0) is 94.4 Å². The van der Waals surface area contributed by atoms with Gasteiger partial charge in [-0.15, -0.1) is 0 Å². The van der Waals surface area contributed by atoms with E-state index in [0.29, 0.717) is 58.0 Å². The van der Waals surface area contributed by atoms with Crippen molar-refractivity contribution in [2.24, 2.45) is 0 Å². The van der Waals surface area contributed by atoms with Gasteiger partial charge in [0.05, 0.1) is 11.7 Å². The van der Waals surface area contributed by atoms with E-state index in [0.717, 1.165) is 78.7 Å². The average molecular weight is 670 g/mol. The summed E-state index contributed by atoms with van der Waals surface area (Å²) >= 11 is 0. The summed E-state index contributed by atoms with van der Waals surface area (Å²) in [6.07, 6.45) is 7.52. The Bertz CT molecular complexity index is 1640. The number of piperidine rings is 2. The van der Waals surface area contributed by atoms with Gasteiger partial charge in [0.25, 0.3) is 0 Å². The molecule has 3 N–H and O–H groups in total. The molecule has 7 rings (SSSR count). The Morgan fingerprint density at radius 2 is 1.67 bits per heavy atom. The van der Waals surface area contributed by atoms with Crippen molar-refractivity contribution in [1.82, 2.24) is 40.0 Å². The third-order valence-corrected chi connectivity index (χ3v) is 11.2. The summed E-state index contributed by atoms with van der Waals surface area (Å²) in [4.78, 5) is 51.9. The number of hydrogen-bond donors (Lipinski definition) is 3. The molecule has 0 saturated carbocycles. The number of nitrogens with zero attached hydrogens (tertiary/aromatic N) is 6. The Kier molecular flexibility index (Phi) is 10.0. The van der Waals surface area contributed by atoms with Crippen LogP contribution in [0.15, 0.2) is 42.6 Å². The zero-order chi connectivity index (χ0) is 33.9. The summed E-state index contributed by atoms with van der Waals surface area (Å²) < 4.78 is 0. The normalized spacial score (nSPS) is 21.2. The molecule has 0 radical (unpaired) electrons. The Morgan fingerprint density at radius 1 is 0.918 bits per heavy atom. The number of benzene rings is 2. The van der Waals surface area contributed by atoms with Crippen molar-refractivity contribution in [2.75, 3.05) is 71.3 Å². The lowest BCUT2D eigenvalue weighted by molar-refractivity contribution is -0.134. The van der Waals surface area contributed by atoms with Gasteiger partial charge in [-0.3, -0.25) is 14.8 Å². The van der Waals surface area contributed by atoms with E-state index in [4.69, 9.17) is 0 Å². The lowest BCUT2D eigenvalue weighted by Gasteiger charge is -2.40. The number of para-hydroxylation sites is 1. The second-order valence-corrected chi connectivity index (χ2v) is 14.5. The molecule has 5 amide bonds. The number of nitrogens with one attached hydrogen (secondary N) is 3. The first-order valence-electron chi connectivity index (χ1n) is 18.2. The first-order valence-corrected chi connectivity index (χ1v) is 18.2. The topological polar surface area (TPSA) is 120 Å². The Morgan fingerprint density at radius 3 is 2.49 bits per heavy atom. The van der Waals surface area contributed by atoms with Gasteiger partial charge >= 0.3 is 12.1 Å². The highest BCUT2D eigenvalue weighted by atomic mass is 16.2. The molecule has 3 aromatic rings. The van der Waals surface area contributed by atoms with Crippen LogP contribution in [0.2, 0.25) is 0 Å². The van der Waals surface area contributed by atoms with Crippen molar-refractivity contribution in [3.05, 3.63) is 59.3 Å². The number of carbonyl (C=O) groups excluding carboxylic acids is 3. The van der Waals surface area contributed by atoms with E-state index in [2.05, 4.69) is 55.9 Å². The second-order valence-electron chi connectivity index (χ2n) is 14.5. The number of aromatic nitrogens is 2. The smallest absolute Gasteiger partial charge is 0.322 e. The molecule has 2 aromatic carbocycles. The van der Waals surface area contributed by atoms with Crippen LogP contribution >= 0.6 is 0 Å². The summed E-state index contributed by atoms with van der Waals surface area (Å²) in [6.45, 7) is 9.59. The van der Waals surface area contributed by atoms with Crippen LogP contribution in [0.5, 0.6) is 0 Å². The van der Waals surface area contributed by atoms with Crippen LogP contribution in [0.3, 0.4) is 0 Å². The maximum Gasteiger partial charge on any atom is 0.322 e. The Hall–Kier alpha value is -4.16. The van der Waals surface area contributed by atoms with Crippen molar-refractivity contribution in [2.45, 2.75) is 70.0 Å². The van der Waals surface area contributed by atoms with E-state index in [-0.39, 0.29) is 24.0 Å². The van der Waals surface area contributed by atoms with Crippen LogP contribution in [-0.4, -0.2) is 137 Å². The van der Waals surface area contributed by atoms with Gasteiger partial charge < -0.3 is 30.2 Å². The molecule has 1 unspecified atom stereocenters. The number of amides is 5. The van der Waals surface area contributed by atoms with Crippen molar-refractivity contribution < 1.29 is 14.4 Å². The molecule has 262 valence electrons. The summed E-state index contributed by atoms with van der Waals surface area (Å²) in [7, 11) is 2.20. The van der Waals surface area contributed by atoms with Crippen LogP contribution in [0, 0.1) is 6.92 Å². The molecule has 12 heteroatoms. The number of fused-ring (bicyclic) bond motifs is 2. The van der Waals surface area contributed by atoms with Crippen LogP contribution < -0.4 is 10.6 Å². The minimum atomic E-state index is -0.674. The number of aromatic amines is 1. The molecule has 0 aliphatic carbocycles. The fourth-order valence-corrected chi connectivity index (χ4v) is 8.33. The largest absolute Gasteiger partial charge is 0.341 e. The van der Waals surface area contributed by atoms with Gasteiger partial charge in [-0.1, -0.05) is 24.3 Å². The van der Waals surface area contributed by atoms with Crippen molar-refractivity contribution in [3.63, 3.8) is 0 Å². The van der Waals surface area contributed by atoms with E-state index in [9.17, 15) is 14.4 Å². The van der Waals surface area contributed by atoms with E-state index < -0.39 is 6.04 Å². The number of anilines is 1. The molecule has 12 nitrogen and oxygen atoms in total. The minimum absolute atomic E-state index is 0.0111. The molecule has 1 aromatic heterocycles. The number of rotatable bonds is 6. The second kappa shape index (κ2) is 14.8. The zero-order valence-electron chi connectivity index (χ0n) is 29.0. The molecule has 0 spiro atoms. The number of urea groups is 2. The fourth-order valence-electron chi connectivity index (χ4n) is 8.33. The Labute approximate surface area is 289 Å². The fraction of sp³-hybridized carbons (Fsp3) is 0.568. The molecule has 5 heterocycles. The van der Waals surface area contributed by atoms with Crippen molar-refractivity contribution in [1.29, 1.82) is 0 Å². The number of likely N-dealkylation sites (tertiary alicyclic amines) is 2. The minimum Gasteiger partial charge on any atom is -0.341 e. The van der Waals surface area contributed by atoms with Crippen LogP contribution in [0.1, 0.15) is 48.8 Å². The van der Waals surface area contributed by atoms with E-state index in [1.807, 2.05) is 39.8 Å². The number of H-pyrrole nitrogens is 1. The van der Waals surface area contributed by atoms with Gasteiger partial charge in [0, 0.05) is 75.4 Å². The molecule has 3 saturated heterocycles. The predicted octanol–water partition coefficient (Wildman–Crippen LogP) is 3.68. The van der Waals surface area contributed by atoms with Crippen molar-refractivity contribution >= 4 is 34.6 Å². The van der Waals surface area contributed by atoms with Gasteiger partial charge in [-0.25, -0.2) is 9.59 Å². The van der Waals surface area contributed by atoms with Crippen LogP contribution in [0.25, 0.3) is 10.9 Å². The Balaban J connectivity index is 0.996. The number of hydrogen-bond acceptors (Lipinski definition) is 6. The van der Waals surface area contributed by atoms with Gasteiger partial charge in [-0.2, -0.15) is 5.10 Å². The number of aryl methyl sites for hydroxylation is 1. The van der Waals surface area contributed by atoms with Crippen LogP contribution in [0.4, 0.5) is 15.3 Å². The highest BCUT2D eigenvalue weighted by molar-refractivity contribution is 5.91. The summed E-state index contributed by atoms with van der Waals surface area (Å²) in [5.41, 5.74) is 5.08. The molecular weight excluding hydrogens is 618 g/mol. The standard InChI is InChI=1S/C37H51N9O3/c1-26-22-27(23-29-25-38-41-34(26)29)24-33(35(47)44-15-9-30(10-16-44)43-14-5-13-42(2)20-21-43)40-36(48)45-17-11-31(12-18-45)46-19-8-28-6-3-4-7-32(28)39-37(46)49/h3-4,6-7,22-23,25,30-31,33H,5,8-21,24H2,1-2H3,(H,38,41)(H,39,49)(H,40,48). The number of carbonyl (C=O) groups is 3. The summed E-state index contributed by atoms with van der Waals surface area (Å²) in [5, 5.41) is 14.5. The molecule has 49 heavy (non-hydrogen) atoms. The van der Waals surface area contributed by atoms with Gasteiger partial charge in [0.2, 0.25) is 5.91 Å². The maximum atomic E-state index is 14.2. The lowest BCUT2D eigenvalue weighted by atomic mass is 9.98. The third-order valence-electron chi connectivity index (χ3n) is 11.2. The van der Waals surface area contributed by atoms with E-state index >= 15 is 0 Å². The monoisotopic (exact) mass is 669 g/mol. The molecule has 4 aliphatic heterocycles. The first-order chi connectivity index (χ1) is 23.8. The van der Waals surface area contributed by atoms with Gasteiger partial charge in [0.15, 0.2) is 0 Å². The van der Waals surface area contributed by atoms with Crippen molar-refractivity contribution in [3.8, 4) is 0 Å². The highest BCUT2D eigenvalue weighted by Crippen LogP contribution is 2.26. The molecule has 3 fully saturated rings. The number of likely N-dealkylation sites (N-methyl/N-ethyl adjacent to an activating group) is 1. The SMILES string of the molecule is Cc1cc(CC(NC(=O)N2CCC(N3CCc4ccccc4NC3=O)CC2)C(=O)N2CCC(N3CCCN(C)CC3)CC2)cc2cn[nH]c12. The van der Waals surface area contributed by atoms with Gasteiger partial charge in [0.1, 0.15) is 6.04 Å². The first kappa shape index (κ1) is 33.3. The molecule has 1 atom stereocenters.